The van der Waals surface area contributed by atoms with E-state index in [2.05, 4.69) is 27.1 Å². The van der Waals surface area contributed by atoms with E-state index in [1.54, 1.807) is 24.7 Å². The lowest BCUT2D eigenvalue weighted by Crippen LogP contribution is -2.20. The number of nitrogens with zero attached hydrogens (tertiary/aromatic N) is 2. The molecule has 98 valence electrons. The van der Waals surface area contributed by atoms with Gasteiger partial charge < -0.3 is 5.32 Å². The zero-order valence-corrected chi connectivity index (χ0v) is 10.8. The molecule has 2 aromatic rings. The molecule has 0 aliphatic heterocycles. The third-order valence-corrected chi connectivity index (χ3v) is 2.35. The summed E-state index contributed by atoms with van der Waals surface area (Å²) in [5.74, 6) is 5.64. The zero-order valence-electron chi connectivity index (χ0n) is 10.8. The number of hydrogen-bond donors (Lipinski definition) is 1. The normalized spacial score (nSPS) is 9.80. The Hall–Kier alpha value is -2.93. The molecule has 1 N–H and O–H groups in total. The molecule has 0 atom stereocenters. The largest absolute Gasteiger partial charge is 0.342 e. The van der Waals surface area contributed by atoms with Gasteiger partial charge in [0, 0.05) is 24.0 Å². The van der Waals surface area contributed by atoms with Gasteiger partial charge in [-0.25, -0.2) is 0 Å². The number of benzene rings is 1. The number of hydrogen-bond acceptors (Lipinski definition) is 3. The second kappa shape index (κ2) is 7.49. The molecule has 0 spiro atoms. The second-order valence-corrected chi connectivity index (χ2v) is 3.85. The van der Waals surface area contributed by atoms with Crippen LogP contribution in [0.5, 0.6) is 0 Å². The highest BCUT2D eigenvalue weighted by atomic mass is 16.1. The number of aromatic nitrogens is 2. The molecule has 0 saturated heterocycles. The SMILES string of the molecule is O=C(/C=C/c1cnccn1)NCC#Cc1ccccc1. The lowest BCUT2D eigenvalue weighted by molar-refractivity contribution is -0.116. The molecule has 4 nitrogen and oxygen atoms in total. The highest BCUT2D eigenvalue weighted by molar-refractivity contribution is 5.91. The predicted molar refractivity (Wildman–Crippen MR) is 77.4 cm³/mol. The van der Waals surface area contributed by atoms with Crippen LogP contribution >= 0.6 is 0 Å². The van der Waals surface area contributed by atoms with E-state index in [-0.39, 0.29) is 5.91 Å². The monoisotopic (exact) mass is 263 g/mol. The van der Waals surface area contributed by atoms with Crippen LogP contribution in [0.2, 0.25) is 0 Å². The first-order valence-corrected chi connectivity index (χ1v) is 6.10. The van der Waals surface area contributed by atoms with Crippen molar-refractivity contribution in [1.82, 2.24) is 15.3 Å². The van der Waals surface area contributed by atoms with Crippen LogP contribution in [0.15, 0.2) is 55.0 Å². The van der Waals surface area contributed by atoms with Crippen molar-refractivity contribution in [2.75, 3.05) is 6.54 Å². The molecule has 0 bridgehead atoms. The van der Waals surface area contributed by atoms with Gasteiger partial charge in [0.05, 0.1) is 18.4 Å². The third kappa shape index (κ3) is 4.75. The summed E-state index contributed by atoms with van der Waals surface area (Å²) >= 11 is 0. The molecule has 0 aliphatic carbocycles. The molecule has 2 rings (SSSR count). The van der Waals surface area contributed by atoms with Crippen molar-refractivity contribution in [2.45, 2.75) is 0 Å². The molecule has 1 aromatic carbocycles. The van der Waals surface area contributed by atoms with E-state index in [0.717, 1.165) is 5.56 Å². The smallest absolute Gasteiger partial charge is 0.244 e. The Balaban J connectivity index is 1.79. The van der Waals surface area contributed by atoms with Crippen LogP contribution in [-0.2, 0) is 4.79 Å². The average Bonchev–Trinajstić information content (AvgIpc) is 2.52. The summed E-state index contributed by atoms with van der Waals surface area (Å²) in [5.41, 5.74) is 1.56. The minimum absolute atomic E-state index is 0.210. The fourth-order valence-corrected chi connectivity index (χ4v) is 1.42. The Morgan fingerprint density at radius 1 is 1.25 bits per heavy atom. The van der Waals surface area contributed by atoms with E-state index in [9.17, 15) is 4.79 Å². The van der Waals surface area contributed by atoms with E-state index in [4.69, 9.17) is 0 Å². The number of rotatable bonds is 3. The molecular weight excluding hydrogens is 250 g/mol. The Morgan fingerprint density at radius 3 is 2.85 bits per heavy atom. The average molecular weight is 263 g/mol. The fraction of sp³-hybridized carbons (Fsp3) is 0.0625. The molecule has 20 heavy (non-hydrogen) atoms. The van der Waals surface area contributed by atoms with E-state index in [1.165, 1.54) is 6.08 Å². The highest BCUT2D eigenvalue weighted by Crippen LogP contribution is 1.94. The van der Waals surface area contributed by atoms with Gasteiger partial charge >= 0.3 is 0 Å². The second-order valence-electron chi connectivity index (χ2n) is 3.85. The third-order valence-electron chi connectivity index (χ3n) is 2.35. The number of carbonyl (C=O) groups is 1. The van der Waals surface area contributed by atoms with E-state index in [0.29, 0.717) is 12.2 Å². The molecule has 0 unspecified atom stereocenters. The first-order valence-electron chi connectivity index (χ1n) is 6.10. The van der Waals surface area contributed by atoms with Gasteiger partial charge in [0.25, 0.3) is 0 Å². The summed E-state index contributed by atoms with van der Waals surface area (Å²) in [6.07, 6.45) is 7.75. The van der Waals surface area contributed by atoms with Gasteiger partial charge in [0.1, 0.15) is 0 Å². The van der Waals surface area contributed by atoms with Crippen molar-refractivity contribution >= 4 is 12.0 Å². The van der Waals surface area contributed by atoms with Gasteiger partial charge in [-0.2, -0.15) is 0 Å². The van der Waals surface area contributed by atoms with E-state index in [1.807, 2.05) is 30.3 Å². The summed E-state index contributed by atoms with van der Waals surface area (Å²) in [7, 11) is 0. The Morgan fingerprint density at radius 2 is 2.10 bits per heavy atom. The minimum atomic E-state index is -0.210. The predicted octanol–water partition coefficient (Wildman–Crippen LogP) is 1.66. The van der Waals surface area contributed by atoms with E-state index >= 15 is 0 Å². The van der Waals surface area contributed by atoms with Crippen molar-refractivity contribution < 1.29 is 4.79 Å². The molecule has 4 heteroatoms. The summed E-state index contributed by atoms with van der Waals surface area (Å²) in [4.78, 5) is 19.4. The van der Waals surface area contributed by atoms with Gasteiger partial charge in [-0.3, -0.25) is 14.8 Å². The van der Waals surface area contributed by atoms with Crippen LogP contribution in [0.25, 0.3) is 6.08 Å². The van der Waals surface area contributed by atoms with Crippen LogP contribution in [0, 0.1) is 11.8 Å². The maximum absolute atomic E-state index is 11.5. The van der Waals surface area contributed by atoms with Crippen molar-refractivity contribution in [2.24, 2.45) is 0 Å². The molecule has 0 aliphatic rings. The van der Waals surface area contributed by atoms with Crippen LogP contribution in [0.1, 0.15) is 11.3 Å². The molecule has 0 saturated carbocycles. The van der Waals surface area contributed by atoms with Crippen molar-refractivity contribution in [3.8, 4) is 11.8 Å². The topological polar surface area (TPSA) is 54.9 Å². The van der Waals surface area contributed by atoms with E-state index < -0.39 is 0 Å². The molecule has 1 aromatic heterocycles. The molecule has 1 heterocycles. The number of nitrogens with one attached hydrogen (secondary N) is 1. The van der Waals surface area contributed by atoms with Crippen molar-refractivity contribution in [3.63, 3.8) is 0 Å². The molecule has 0 radical (unpaired) electrons. The standard InChI is InChI=1S/C16H13N3O/c20-16(9-8-15-13-17-11-12-18-15)19-10-4-7-14-5-2-1-3-6-14/h1-3,5-6,8-9,11-13H,10H2,(H,19,20)/b9-8+. The Bertz CT molecular complexity index is 640. The quantitative estimate of drug-likeness (QED) is 0.677. The maximum atomic E-state index is 11.5. The van der Waals surface area contributed by atoms with Crippen LogP contribution in [-0.4, -0.2) is 22.4 Å². The van der Waals surface area contributed by atoms with Gasteiger partial charge in [-0.15, -0.1) is 0 Å². The maximum Gasteiger partial charge on any atom is 0.244 e. The number of amides is 1. The lowest BCUT2D eigenvalue weighted by atomic mass is 10.2. The van der Waals surface area contributed by atoms with Gasteiger partial charge in [-0.05, 0) is 18.2 Å². The first-order chi connectivity index (χ1) is 9.84. The highest BCUT2D eigenvalue weighted by Gasteiger charge is 1.92. The van der Waals surface area contributed by atoms with Crippen LogP contribution < -0.4 is 5.32 Å². The Kier molecular flexibility index (Phi) is 5.06. The van der Waals surface area contributed by atoms with Gasteiger partial charge in [-0.1, -0.05) is 30.0 Å². The van der Waals surface area contributed by atoms with Crippen molar-refractivity contribution in [3.05, 3.63) is 66.3 Å². The number of carbonyl (C=O) groups excluding carboxylic acids is 1. The molecular formula is C16H13N3O. The summed E-state index contributed by atoms with van der Waals surface area (Å²) in [6, 6.07) is 9.62. The van der Waals surface area contributed by atoms with Crippen molar-refractivity contribution in [1.29, 1.82) is 0 Å². The summed E-state index contributed by atoms with van der Waals surface area (Å²) in [5, 5.41) is 2.68. The van der Waals surface area contributed by atoms with Gasteiger partial charge in [0.15, 0.2) is 0 Å². The van der Waals surface area contributed by atoms with Crippen LogP contribution in [0.3, 0.4) is 0 Å². The minimum Gasteiger partial charge on any atom is -0.342 e. The van der Waals surface area contributed by atoms with Gasteiger partial charge in [0.2, 0.25) is 5.91 Å². The first kappa shape index (κ1) is 13.5. The Labute approximate surface area is 117 Å². The zero-order chi connectivity index (χ0) is 14.0. The van der Waals surface area contributed by atoms with Crippen LogP contribution in [0.4, 0.5) is 0 Å². The molecule has 0 fully saturated rings. The lowest BCUT2D eigenvalue weighted by Gasteiger charge is -1.94. The molecule has 1 amide bonds. The fourth-order valence-electron chi connectivity index (χ4n) is 1.42. The summed E-state index contributed by atoms with van der Waals surface area (Å²) < 4.78 is 0. The summed E-state index contributed by atoms with van der Waals surface area (Å²) in [6.45, 7) is 0.304.